The van der Waals surface area contributed by atoms with Gasteiger partial charge in [-0.3, -0.25) is 9.59 Å². The second-order valence-corrected chi connectivity index (χ2v) is 11.0. The fourth-order valence-corrected chi connectivity index (χ4v) is 5.55. The molecule has 2 unspecified atom stereocenters. The molecule has 7 heteroatoms. The monoisotopic (exact) mass is 540 g/mol. The fourth-order valence-electron chi connectivity index (χ4n) is 5.38. The molecule has 3 aromatic carbocycles. The number of hydrogen-bond acceptors (Lipinski definition) is 6. The summed E-state index contributed by atoms with van der Waals surface area (Å²) in [5.41, 5.74) is 4.71. The summed E-state index contributed by atoms with van der Waals surface area (Å²) in [6, 6.07) is 20.1. The molecule has 198 valence electrons. The Balaban J connectivity index is 1.40. The van der Waals surface area contributed by atoms with Gasteiger partial charge >= 0.3 is 0 Å². The number of benzene rings is 3. The van der Waals surface area contributed by atoms with Crippen LogP contribution in [0.25, 0.3) is 11.0 Å². The van der Waals surface area contributed by atoms with Crippen molar-refractivity contribution in [2.45, 2.75) is 38.6 Å². The molecule has 4 aromatic rings. The summed E-state index contributed by atoms with van der Waals surface area (Å²) in [5.74, 6) is 1.26. The van der Waals surface area contributed by atoms with Crippen molar-refractivity contribution in [1.82, 2.24) is 0 Å². The molecule has 0 radical (unpaired) electrons. The lowest BCUT2D eigenvalue weighted by Gasteiger charge is -2.29. The van der Waals surface area contributed by atoms with E-state index in [0.29, 0.717) is 52.5 Å². The van der Waals surface area contributed by atoms with Crippen molar-refractivity contribution in [1.29, 1.82) is 0 Å². The Morgan fingerprint density at radius 2 is 1.77 bits per heavy atom. The smallest absolute Gasteiger partial charge is 0.198 e. The number of nitrogens with one attached hydrogen (secondary N) is 2. The van der Waals surface area contributed by atoms with Crippen molar-refractivity contribution in [2.24, 2.45) is 5.92 Å². The van der Waals surface area contributed by atoms with Crippen LogP contribution in [-0.2, 0) is 4.79 Å². The van der Waals surface area contributed by atoms with E-state index in [1.807, 2.05) is 48.5 Å². The van der Waals surface area contributed by atoms with Crippen LogP contribution < -0.4 is 20.8 Å². The lowest BCUT2D eigenvalue weighted by molar-refractivity contribution is -0.116. The second-order valence-electron chi connectivity index (χ2n) is 10.6. The topological polar surface area (TPSA) is 80.6 Å². The van der Waals surface area contributed by atoms with Gasteiger partial charge in [0.1, 0.15) is 17.6 Å². The van der Waals surface area contributed by atoms with Crippen molar-refractivity contribution in [3.8, 4) is 5.75 Å². The van der Waals surface area contributed by atoms with Gasteiger partial charge < -0.3 is 19.8 Å². The fraction of sp³-hybridized carbons (Fsp3) is 0.250. The first-order chi connectivity index (χ1) is 18.9. The maximum Gasteiger partial charge on any atom is 0.198 e. The molecule has 0 spiro atoms. The third kappa shape index (κ3) is 4.92. The van der Waals surface area contributed by atoms with Gasteiger partial charge in [-0.1, -0.05) is 49.7 Å². The molecule has 0 saturated heterocycles. The molecule has 0 bridgehead atoms. The van der Waals surface area contributed by atoms with Crippen LogP contribution in [0.3, 0.4) is 0 Å². The maximum absolute atomic E-state index is 13.9. The molecule has 1 aliphatic carbocycles. The highest BCUT2D eigenvalue weighted by molar-refractivity contribution is 6.31. The van der Waals surface area contributed by atoms with Gasteiger partial charge in [-0.15, -0.1) is 0 Å². The van der Waals surface area contributed by atoms with E-state index in [2.05, 4.69) is 24.5 Å². The first-order valence-electron chi connectivity index (χ1n) is 13.2. The van der Waals surface area contributed by atoms with Crippen molar-refractivity contribution in [2.75, 3.05) is 17.2 Å². The molecule has 6 rings (SSSR count). The number of hydrogen-bond donors (Lipinski definition) is 2. The van der Waals surface area contributed by atoms with Crippen molar-refractivity contribution >= 4 is 39.7 Å². The van der Waals surface area contributed by atoms with E-state index in [1.54, 1.807) is 18.2 Å². The molecule has 2 N–H and O–H groups in total. The minimum Gasteiger partial charge on any atom is -0.493 e. The van der Waals surface area contributed by atoms with Crippen LogP contribution in [0.2, 0.25) is 5.02 Å². The molecule has 0 fully saturated rings. The second kappa shape index (κ2) is 10.3. The molecule has 0 saturated carbocycles. The average Bonchev–Trinajstić information content (AvgIpc) is 3.09. The lowest BCUT2D eigenvalue weighted by atomic mass is 9.78. The van der Waals surface area contributed by atoms with E-state index in [1.165, 1.54) is 6.26 Å². The number of carbonyl (C=O) groups excluding carboxylic acids is 1. The summed E-state index contributed by atoms with van der Waals surface area (Å²) >= 11 is 6.19. The largest absolute Gasteiger partial charge is 0.493 e. The minimum absolute atomic E-state index is 0.000584. The highest BCUT2D eigenvalue weighted by Gasteiger charge is 2.37. The Morgan fingerprint density at radius 3 is 2.54 bits per heavy atom. The Kier molecular flexibility index (Phi) is 6.65. The van der Waals surface area contributed by atoms with Crippen molar-refractivity contribution < 1.29 is 13.9 Å². The van der Waals surface area contributed by atoms with Crippen molar-refractivity contribution in [3.05, 3.63) is 111 Å². The molecule has 1 aromatic heterocycles. The Morgan fingerprint density at radius 1 is 1.00 bits per heavy atom. The van der Waals surface area contributed by atoms with E-state index < -0.39 is 6.04 Å². The maximum atomic E-state index is 13.9. The molecule has 6 nitrogen and oxygen atoms in total. The zero-order valence-electron chi connectivity index (χ0n) is 21.8. The molecular weight excluding hydrogens is 512 g/mol. The van der Waals surface area contributed by atoms with Crippen molar-refractivity contribution in [3.63, 3.8) is 0 Å². The Labute approximate surface area is 231 Å². The standard InChI is InChI=1S/C32H29ClN2O4/c1-18(2)16-38-22-10-7-19(8-11-22)20-13-27-30(28(36)14-20)31(35-26-6-4-3-5-25(26)34-27)24-17-39-29-12-9-21(33)15-23(29)32(24)37/h3-12,15,17-18,20,31,34-35H,13-14,16H2,1-2H3. The molecule has 39 heavy (non-hydrogen) atoms. The number of rotatable bonds is 5. The number of ketones is 1. The number of fused-ring (bicyclic) bond motifs is 2. The highest BCUT2D eigenvalue weighted by Crippen LogP contribution is 2.44. The third-order valence-corrected chi connectivity index (χ3v) is 7.55. The van der Waals surface area contributed by atoms with Crippen LogP contribution in [0.5, 0.6) is 5.75 Å². The van der Waals surface area contributed by atoms with Crippen LogP contribution in [0.4, 0.5) is 11.4 Å². The number of allylic oxidation sites excluding steroid dienone is 1. The SMILES string of the molecule is CC(C)COc1ccc(C2CC(=O)C3=C(C2)Nc2ccccc2NC3c2coc3ccc(Cl)cc3c2=O)cc1. The van der Waals surface area contributed by atoms with Gasteiger partial charge in [0.25, 0.3) is 0 Å². The molecular formula is C32H29ClN2O4. The van der Waals surface area contributed by atoms with Gasteiger partial charge in [-0.25, -0.2) is 0 Å². The van der Waals surface area contributed by atoms with Gasteiger partial charge in [0, 0.05) is 22.7 Å². The zero-order valence-corrected chi connectivity index (χ0v) is 22.5. The van der Waals surface area contributed by atoms with Crippen LogP contribution in [0, 0.1) is 5.92 Å². The van der Waals surface area contributed by atoms with Crippen LogP contribution in [0.1, 0.15) is 49.8 Å². The van der Waals surface area contributed by atoms with Crippen LogP contribution in [-0.4, -0.2) is 12.4 Å². The number of Topliss-reactive ketones (excluding diaryl/α,β-unsaturated/α-hetero) is 1. The number of halogens is 1. The molecule has 1 aliphatic heterocycles. The molecule has 0 amide bonds. The number of ether oxygens (including phenoxy) is 1. The van der Waals surface area contributed by atoms with Crippen LogP contribution >= 0.6 is 11.6 Å². The summed E-state index contributed by atoms with van der Waals surface area (Å²) in [5, 5.41) is 7.81. The number of para-hydroxylation sites is 2. The van der Waals surface area contributed by atoms with Gasteiger partial charge in [-0.2, -0.15) is 0 Å². The molecule has 2 aliphatic rings. The average molecular weight is 541 g/mol. The Bertz CT molecular complexity index is 1660. The van der Waals surface area contributed by atoms with E-state index in [0.717, 1.165) is 28.4 Å². The van der Waals surface area contributed by atoms with Crippen LogP contribution in [0.15, 0.2) is 93.5 Å². The number of carbonyl (C=O) groups is 1. The van der Waals surface area contributed by atoms with Gasteiger partial charge in [0.15, 0.2) is 11.2 Å². The van der Waals surface area contributed by atoms with E-state index in [-0.39, 0.29) is 17.1 Å². The summed E-state index contributed by atoms with van der Waals surface area (Å²) in [7, 11) is 0. The third-order valence-electron chi connectivity index (χ3n) is 7.32. The predicted molar refractivity (Wildman–Crippen MR) is 155 cm³/mol. The van der Waals surface area contributed by atoms with E-state index in [4.69, 9.17) is 20.8 Å². The predicted octanol–water partition coefficient (Wildman–Crippen LogP) is 7.46. The first-order valence-corrected chi connectivity index (χ1v) is 13.6. The summed E-state index contributed by atoms with van der Waals surface area (Å²) in [4.78, 5) is 27.5. The quantitative estimate of drug-likeness (QED) is 0.273. The van der Waals surface area contributed by atoms with E-state index in [9.17, 15) is 9.59 Å². The minimum atomic E-state index is -0.670. The highest BCUT2D eigenvalue weighted by atomic mass is 35.5. The summed E-state index contributed by atoms with van der Waals surface area (Å²) in [6.07, 6.45) is 2.43. The van der Waals surface area contributed by atoms with Gasteiger partial charge in [0.2, 0.25) is 0 Å². The number of anilines is 2. The van der Waals surface area contributed by atoms with Gasteiger partial charge in [0.05, 0.1) is 35.0 Å². The summed E-state index contributed by atoms with van der Waals surface area (Å²) < 4.78 is 11.7. The van der Waals surface area contributed by atoms with E-state index >= 15 is 0 Å². The molecule has 2 atom stereocenters. The molecule has 2 heterocycles. The Hall–Kier alpha value is -4.03. The van der Waals surface area contributed by atoms with Gasteiger partial charge in [-0.05, 0) is 66.3 Å². The zero-order chi connectivity index (χ0) is 27.1. The first kappa shape index (κ1) is 25.3. The normalized spacial score (nSPS) is 18.7. The summed E-state index contributed by atoms with van der Waals surface area (Å²) in [6.45, 7) is 4.89. The lowest BCUT2D eigenvalue weighted by Crippen LogP contribution is -2.29.